The van der Waals surface area contributed by atoms with Gasteiger partial charge in [-0.2, -0.15) is 0 Å². The number of hydrogen-bond donors (Lipinski definition) is 0. The molecule has 1 heterocycles. The van der Waals surface area contributed by atoms with Crippen LogP contribution in [-0.2, 0) is 11.2 Å². The summed E-state index contributed by atoms with van der Waals surface area (Å²) in [4.78, 5) is 25.7. The topological polar surface area (TPSA) is 72.7 Å². The fraction of sp³-hybridized carbons (Fsp3) is 0.350. The molecule has 2 aromatic carbocycles. The molecular weight excluding hydrogens is 332 g/mol. The molecule has 1 aliphatic heterocycles. The highest BCUT2D eigenvalue weighted by Gasteiger charge is 2.33. The largest absolute Gasteiger partial charge is 0.497 e. The lowest BCUT2D eigenvalue weighted by Crippen LogP contribution is -2.35. The first-order valence-corrected chi connectivity index (χ1v) is 8.65. The zero-order chi connectivity index (χ0) is 18.8. The van der Waals surface area contributed by atoms with Gasteiger partial charge in [0, 0.05) is 18.7 Å². The van der Waals surface area contributed by atoms with Crippen molar-refractivity contribution in [1.82, 2.24) is 0 Å². The molecule has 0 radical (unpaired) electrons. The zero-order valence-corrected chi connectivity index (χ0v) is 15.1. The molecule has 1 unspecified atom stereocenters. The molecular formula is C20H22N2O4. The van der Waals surface area contributed by atoms with Crippen molar-refractivity contribution in [2.75, 3.05) is 18.6 Å². The number of methoxy groups -OCH3 is 1. The number of ether oxygens (including phenoxy) is 1. The summed E-state index contributed by atoms with van der Waals surface area (Å²) in [6.45, 7) is 4.57. The second-order valence-corrected chi connectivity index (χ2v) is 6.80. The number of carbonyl (C=O) groups is 1. The van der Waals surface area contributed by atoms with Crippen LogP contribution >= 0.6 is 0 Å². The van der Waals surface area contributed by atoms with Crippen molar-refractivity contribution < 1.29 is 14.5 Å². The highest BCUT2D eigenvalue weighted by Crippen LogP contribution is 2.36. The summed E-state index contributed by atoms with van der Waals surface area (Å²) in [6, 6.07) is 12.3. The van der Waals surface area contributed by atoms with E-state index >= 15 is 0 Å². The molecule has 0 fully saturated rings. The molecule has 0 aliphatic carbocycles. The van der Waals surface area contributed by atoms with Crippen LogP contribution in [0.4, 0.5) is 11.4 Å². The van der Waals surface area contributed by atoms with E-state index in [1.807, 2.05) is 38.1 Å². The normalized spacial score (nSPS) is 14.2. The van der Waals surface area contributed by atoms with Crippen LogP contribution in [0.1, 0.15) is 30.9 Å². The average Bonchev–Trinajstić information content (AvgIpc) is 3.05. The molecule has 6 heteroatoms. The van der Waals surface area contributed by atoms with Crippen molar-refractivity contribution >= 4 is 17.3 Å². The number of nitrogens with zero attached hydrogens (tertiary/aromatic N) is 2. The van der Waals surface area contributed by atoms with Gasteiger partial charge >= 0.3 is 0 Å². The molecule has 0 spiro atoms. The molecule has 136 valence electrons. The number of nitro groups is 1. The van der Waals surface area contributed by atoms with Gasteiger partial charge in [-0.05, 0) is 35.6 Å². The van der Waals surface area contributed by atoms with Crippen molar-refractivity contribution in [1.29, 1.82) is 0 Å². The van der Waals surface area contributed by atoms with Crippen LogP contribution in [0, 0.1) is 16.0 Å². The smallest absolute Gasteiger partial charge is 0.271 e. The predicted octanol–water partition coefficient (Wildman–Crippen LogP) is 3.93. The van der Waals surface area contributed by atoms with Gasteiger partial charge in [0.2, 0.25) is 5.91 Å². The van der Waals surface area contributed by atoms with Gasteiger partial charge in [-0.3, -0.25) is 14.9 Å². The summed E-state index contributed by atoms with van der Waals surface area (Å²) in [5.41, 5.74) is 2.56. The third kappa shape index (κ3) is 3.27. The van der Waals surface area contributed by atoms with Gasteiger partial charge in [0.05, 0.1) is 23.6 Å². The van der Waals surface area contributed by atoms with E-state index < -0.39 is 4.92 Å². The molecule has 0 bridgehead atoms. The minimum Gasteiger partial charge on any atom is -0.497 e. The second-order valence-electron chi connectivity index (χ2n) is 6.80. The van der Waals surface area contributed by atoms with Gasteiger partial charge in [0.1, 0.15) is 5.75 Å². The number of amides is 1. The maximum Gasteiger partial charge on any atom is 0.271 e. The fourth-order valence-electron chi connectivity index (χ4n) is 3.50. The van der Waals surface area contributed by atoms with E-state index in [1.165, 1.54) is 12.1 Å². The number of hydrogen-bond acceptors (Lipinski definition) is 4. The lowest BCUT2D eigenvalue weighted by atomic mass is 9.87. The Kier molecular flexibility index (Phi) is 4.93. The van der Waals surface area contributed by atoms with Crippen LogP contribution in [0.25, 0.3) is 0 Å². The number of anilines is 1. The Bertz CT molecular complexity index is 830. The SMILES string of the molecule is COc1ccc(C(C(=O)N2CCc3ccc([N+](=O)[O-])cc32)C(C)C)cc1. The van der Waals surface area contributed by atoms with E-state index in [4.69, 9.17) is 4.74 Å². The lowest BCUT2D eigenvalue weighted by Gasteiger charge is -2.27. The Morgan fingerprint density at radius 2 is 1.88 bits per heavy atom. The monoisotopic (exact) mass is 354 g/mol. The molecule has 1 amide bonds. The molecule has 6 nitrogen and oxygen atoms in total. The number of nitro benzene ring substituents is 1. The van der Waals surface area contributed by atoms with Crippen LogP contribution in [0.5, 0.6) is 5.75 Å². The molecule has 0 saturated carbocycles. The van der Waals surface area contributed by atoms with Crippen LogP contribution in [0.2, 0.25) is 0 Å². The number of benzene rings is 2. The zero-order valence-electron chi connectivity index (χ0n) is 15.1. The first-order chi connectivity index (χ1) is 12.4. The standard InChI is InChI=1S/C20H22N2O4/c1-13(2)19(15-5-8-17(26-3)9-6-15)20(23)21-11-10-14-4-7-16(22(24)25)12-18(14)21/h4-9,12-13,19H,10-11H2,1-3H3. The number of non-ortho nitro benzene ring substituents is 1. The summed E-state index contributed by atoms with van der Waals surface area (Å²) >= 11 is 0. The Labute approximate surface area is 152 Å². The van der Waals surface area contributed by atoms with Crippen LogP contribution < -0.4 is 9.64 Å². The van der Waals surface area contributed by atoms with Gasteiger partial charge in [-0.1, -0.05) is 32.0 Å². The quantitative estimate of drug-likeness (QED) is 0.602. The van der Waals surface area contributed by atoms with Crippen LogP contribution in [0.3, 0.4) is 0 Å². The van der Waals surface area contributed by atoms with E-state index in [-0.39, 0.29) is 23.4 Å². The minimum atomic E-state index is -0.426. The van der Waals surface area contributed by atoms with E-state index in [1.54, 1.807) is 18.1 Å². The molecule has 0 aromatic heterocycles. The molecule has 2 aromatic rings. The van der Waals surface area contributed by atoms with Crippen LogP contribution in [-0.4, -0.2) is 24.5 Å². The third-order valence-electron chi connectivity index (χ3n) is 4.85. The summed E-state index contributed by atoms with van der Waals surface area (Å²) < 4.78 is 5.19. The Hall–Kier alpha value is -2.89. The maximum atomic E-state index is 13.3. The Morgan fingerprint density at radius 1 is 1.19 bits per heavy atom. The molecule has 1 atom stereocenters. The van der Waals surface area contributed by atoms with Gasteiger partial charge in [0.25, 0.3) is 5.69 Å². The molecule has 0 N–H and O–H groups in total. The van der Waals surface area contributed by atoms with Gasteiger partial charge in [0.15, 0.2) is 0 Å². The number of rotatable bonds is 5. The third-order valence-corrected chi connectivity index (χ3v) is 4.85. The molecule has 1 aliphatic rings. The summed E-state index contributed by atoms with van der Waals surface area (Å²) in [5.74, 6) is 0.500. The van der Waals surface area contributed by atoms with Crippen LogP contribution in [0.15, 0.2) is 42.5 Å². The van der Waals surface area contributed by atoms with E-state index in [9.17, 15) is 14.9 Å². The molecule has 0 saturated heterocycles. The van der Waals surface area contributed by atoms with Gasteiger partial charge in [-0.15, -0.1) is 0 Å². The first kappa shape index (κ1) is 17.9. The van der Waals surface area contributed by atoms with Crippen molar-refractivity contribution in [2.45, 2.75) is 26.2 Å². The summed E-state index contributed by atoms with van der Waals surface area (Å²) in [7, 11) is 1.61. The Balaban J connectivity index is 1.94. The highest BCUT2D eigenvalue weighted by atomic mass is 16.6. The van der Waals surface area contributed by atoms with Gasteiger partial charge in [-0.25, -0.2) is 0 Å². The van der Waals surface area contributed by atoms with Gasteiger partial charge < -0.3 is 9.64 Å². The van der Waals surface area contributed by atoms with Crippen molar-refractivity contribution in [3.63, 3.8) is 0 Å². The fourth-order valence-corrected chi connectivity index (χ4v) is 3.50. The van der Waals surface area contributed by atoms with E-state index in [0.29, 0.717) is 18.7 Å². The Morgan fingerprint density at radius 3 is 2.46 bits per heavy atom. The maximum absolute atomic E-state index is 13.3. The highest BCUT2D eigenvalue weighted by molar-refractivity contribution is 6.00. The van der Waals surface area contributed by atoms with E-state index in [2.05, 4.69) is 0 Å². The average molecular weight is 354 g/mol. The molecule has 3 rings (SSSR count). The second kappa shape index (κ2) is 7.15. The summed E-state index contributed by atoms with van der Waals surface area (Å²) in [6.07, 6.45) is 0.715. The minimum absolute atomic E-state index is 0.00833. The van der Waals surface area contributed by atoms with Crippen molar-refractivity contribution in [3.05, 3.63) is 63.7 Å². The first-order valence-electron chi connectivity index (χ1n) is 8.65. The lowest BCUT2D eigenvalue weighted by molar-refractivity contribution is -0.384. The van der Waals surface area contributed by atoms with Crippen molar-refractivity contribution in [3.8, 4) is 5.75 Å². The number of carbonyl (C=O) groups excluding carboxylic acids is 1. The number of fused-ring (bicyclic) bond motifs is 1. The summed E-state index contributed by atoms with van der Waals surface area (Å²) in [5, 5.41) is 11.1. The van der Waals surface area contributed by atoms with Crippen molar-refractivity contribution in [2.24, 2.45) is 5.92 Å². The van der Waals surface area contributed by atoms with E-state index in [0.717, 1.165) is 16.9 Å². The molecule has 26 heavy (non-hydrogen) atoms. The predicted molar refractivity (Wildman–Crippen MR) is 99.7 cm³/mol.